The maximum absolute atomic E-state index is 13.1. The van der Waals surface area contributed by atoms with Crippen molar-refractivity contribution in [1.29, 1.82) is 0 Å². The highest BCUT2D eigenvalue weighted by atomic mass is 19.1. The van der Waals surface area contributed by atoms with Crippen LogP contribution in [0.2, 0.25) is 0 Å². The molecule has 0 spiro atoms. The van der Waals surface area contributed by atoms with Crippen LogP contribution in [-0.4, -0.2) is 5.54 Å². The maximum atomic E-state index is 13.1. The molecule has 0 aliphatic rings. The summed E-state index contributed by atoms with van der Waals surface area (Å²) in [5.41, 5.74) is 8.09. The van der Waals surface area contributed by atoms with E-state index in [0.717, 1.165) is 12.0 Å². The zero-order valence-electron chi connectivity index (χ0n) is 10.6. The van der Waals surface area contributed by atoms with Gasteiger partial charge in [0.05, 0.1) is 0 Å². The predicted molar refractivity (Wildman–Crippen MR) is 72.8 cm³/mol. The average molecular weight is 243 g/mol. The smallest absolute Gasteiger partial charge is 0.123 e. The molecular weight excluding hydrogens is 225 g/mol. The molecule has 0 amide bonds. The van der Waals surface area contributed by atoms with Crippen LogP contribution >= 0.6 is 0 Å². The first-order valence-electron chi connectivity index (χ1n) is 6.12. The van der Waals surface area contributed by atoms with Gasteiger partial charge in [-0.3, -0.25) is 0 Å². The summed E-state index contributed by atoms with van der Waals surface area (Å²) in [7, 11) is 0. The summed E-state index contributed by atoms with van der Waals surface area (Å²) in [5.74, 6) is -0.206. The first-order chi connectivity index (χ1) is 8.55. The first-order valence-corrected chi connectivity index (χ1v) is 6.12. The Morgan fingerprint density at radius 1 is 0.944 bits per heavy atom. The molecule has 0 aliphatic heterocycles. The largest absolute Gasteiger partial charge is 0.325 e. The second-order valence-electron chi connectivity index (χ2n) is 5.12. The van der Waals surface area contributed by atoms with Gasteiger partial charge in [0.2, 0.25) is 0 Å². The fraction of sp³-hybridized carbons (Fsp3) is 0.250. The van der Waals surface area contributed by atoms with Crippen LogP contribution in [0.15, 0.2) is 54.6 Å². The molecule has 94 valence electrons. The van der Waals surface area contributed by atoms with Crippen molar-refractivity contribution in [1.82, 2.24) is 0 Å². The van der Waals surface area contributed by atoms with Crippen molar-refractivity contribution in [2.45, 2.75) is 25.3 Å². The Bertz CT molecular complexity index is 506. The molecule has 18 heavy (non-hydrogen) atoms. The number of halogens is 1. The number of hydrogen-bond acceptors (Lipinski definition) is 1. The molecule has 0 radical (unpaired) electrons. The van der Waals surface area contributed by atoms with E-state index in [9.17, 15) is 4.39 Å². The molecule has 0 heterocycles. The van der Waals surface area contributed by atoms with Crippen LogP contribution < -0.4 is 5.73 Å². The van der Waals surface area contributed by atoms with Crippen molar-refractivity contribution < 1.29 is 4.39 Å². The zero-order chi connectivity index (χ0) is 13.0. The van der Waals surface area contributed by atoms with Gasteiger partial charge in [-0.25, -0.2) is 4.39 Å². The Morgan fingerprint density at radius 3 is 2.22 bits per heavy atom. The molecular formula is C16H18FN. The van der Waals surface area contributed by atoms with Crippen molar-refractivity contribution in [3.63, 3.8) is 0 Å². The van der Waals surface area contributed by atoms with Crippen molar-refractivity contribution >= 4 is 0 Å². The van der Waals surface area contributed by atoms with Crippen molar-refractivity contribution in [2.24, 2.45) is 5.73 Å². The minimum atomic E-state index is -0.366. The molecule has 2 heteroatoms. The summed E-state index contributed by atoms with van der Waals surface area (Å²) < 4.78 is 13.1. The first kappa shape index (κ1) is 12.8. The van der Waals surface area contributed by atoms with E-state index in [1.807, 2.05) is 31.2 Å². The lowest BCUT2D eigenvalue weighted by molar-refractivity contribution is 0.461. The molecule has 0 fully saturated rings. The van der Waals surface area contributed by atoms with E-state index in [2.05, 4.69) is 12.1 Å². The van der Waals surface area contributed by atoms with E-state index >= 15 is 0 Å². The lowest BCUT2D eigenvalue weighted by Crippen LogP contribution is -2.40. The van der Waals surface area contributed by atoms with Crippen LogP contribution in [0, 0.1) is 5.82 Å². The van der Waals surface area contributed by atoms with Crippen LogP contribution in [0.5, 0.6) is 0 Å². The molecule has 1 atom stereocenters. The minimum Gasteiger partial charge on any atom is -0.325 e. The second kappa shape index (κ2) is 5.32. The van der Waals surface area contributed by atoms with E-state index in [0.29, 0.717) is 6.42 Å². The van der Waals surface area contributed by atoms with Gasteiger partial charge in [0.15, 0.2) is 0 Å². The van der Waals surface area contributed by atoms with Crippen molar-refractivity contribution in [3.8, 4) is 0 Å². The molecule has 1 nitrogen and oxygen atoms in total. The van der Waals surface area contributed by atoms with Gasteiger partial charge < -0.3 is 5.73 Å². The Hall–Kier alpha value is -1.67. The standard InChI is InChI=1S/C16H18FN/c1-16(18,11-13-6-3-2-4-7-13)12-14-8-5-9-15(17)10-14/h2-10H,11-12,18H2,1H3. The van der Waals surface area contributed by atoms with Gasteiger partial charge in [0, 0.05) is 5.54 Å². The molecule has 2 aromatic rings. The summed E-state index contributed by atoms with van der Waals surface area (Å²) >= 11 is 0. The quantitative estimate of drug-likeness (QED) is 0.875. The topological polar surface area (TPSA) is 26.0 Å². The van der Waals surface area contributed by atoms with Gasteiger partial charge in [-0.2, -0.15) is 0 Å². The Kier molecular flexibility index (Phi) is 3.78. The van der Waals surface area contributed by atoms with E-state index in [1.54, 1.807) is 12.1 Å². The van der Waals surface area contributed by atoms with Gasteiger partial charge in [-0.05, 0) is 43.0 Å². The molecule has 0 aliphatic carbocycles. The SMILES string of the molecule is CC(N)(Cc1ccccc1)Cc1cccc(F)c1. The number of rotatable bonds is 4. The van der Waals surface area contributed by atoms with E-state index in [-0.39, 0.29) is 11.4 Å². The highest BCUT2D eigenvalue weighted by molar-refractivity contribution is 5.22. The van der Waals surface area contributed by atoms with Gasteiger partial charge in [0.25, 0.3) is 0 Å². The third kappa shape index (κ3) is 3.67. The summed E-state index contributed by atoms with van der Waals surface area (Å²) in [4.78, 5) is 0. The van der Waals surface area contributed by atoms with Gasteiger partial charge in [0.1, 0.15) is 5.82 Å². The summed E-state index contributed by atoms with van der Waals surface area (Å²) in [5, 5.41) is 0. The third-order valence-electron chi connectivity index (χ3n) is 2.95. The van der Waals surface area contributed by atoms with Crippen LogP contribution in [0.3, 0.4) is 0 Å². The van der Waals surface area contributed by atoms with Gasteiger partial charge in [-0.15, -0.1) is 0 Å². The fourth-order valence-corrected chi connectivity index (χ4v) is 2.24. The Labute approximate surface area is 107 Å². The Balaban J connectivity index is 2.07. The van der Waals surface area contributed by atoms with Crippen LogP contribution in [0.25, 0.3) is 0 Å². The van der Waals surface area contributed by atoms with Gasteiger partial charge in [-0.1, -0.05) is 42.5 Å². The van der Waals surface area contributed by atoms with E-state index in [4.69, 9.17) is 5.73 Å². The highest BCUT2D eigenvalue weighted by Gasteiger charge is 2.19. The van der Waals surface area contributed by atoms with E-state index in [1.165, 1.54) is 11.6 Å². The molecule has 0 aromatic heterocycles. The van der Waals surface area contributed by atoms with Crippen LogP contribution in [0.4, 0.5) is 4.39 Å². The molecule has 2 rings (SSSR count). The normalized spacial score (nSPS) is 14.2. The van der Waals surface area contributed by atoms with Crippen LogP contribution in [-0.2, 0) is 12.8 Å². The van der Waals surface area contributed by atoms with Crippen molar-refractivity contribution in [3.05, 3.63) is 71.5 Å². The zero-order valence-corrected chi connectivity index (χ0v) is 10.6. The van der Waals surface area contributed by atoms with E-state index < -0.39 is 0 Å². The Morgan fingerprint density at radius 2 is 1.56 bits per heavy atom. The molecule has 0 saturated carbocycles. The monoisotopic (exact) mass is 243 g/mol. The highest BCUT2D eigenvalue weighted by Crippen LogP contribution is 2.17. The number of benzene rings is 2. The molecule has 0 saturated heterocycles. The predicted octanol–water partition coefficient (Wildman–Crippen LogP) is 3.33. The number of nitrogens with two attached hydrogens (primary N) is 1. The summed E-state index contributed by atoms with van der Waals surface area (Å²) in [6.07, 6.45) is 1.45. The van der Waals surface area contributed by atoms with Crippen LogP contribution in [0.1, 0.15) is 18.1 Å². The lowest BCUT2D eigenvalue weighted by Gasteiger charge is -2.25. The number of hydrogen-bond donors (Lipinski definition) is 1. The summed E-state index contributed by atoms with van der Waals surface area (Å²) in [6, 6.07) is 16.8. The van der Waals surface area contributed by atoms with Crippen molar-refractivity contribution in [2.75, 3.05) is 0 Å². The lowest BCUT2D eigenvalue weighted by atomic mass is 9.87. The maximum Gasteiger partial charge on any atom is 0.123 e. The average Bonchev–Trinajstić information content (AvgIpc) is 2.28. The molecule has 2 N–H and O–H groups in total. The summed E-state index contributed by atoms with van der Waals surface area (Å²) in [6.45, 7) is 2.00. The second-order valence-corrected chi connectivity index (χ2v) is 5.12. The molecule has 0 bridgehead atoms. The third-order valence-corrected chi connectivity index (χ3v) is 2.95. The van der Waals surface area contributed by atoms with Gasteiger partial charge >= 0.3 is 0 Å². The molecule has 1 unspecified atom stereocenters. The minimum absolute atomic E-state index is 0.206. The molecule has 2 aromatic carbocycles. The fourth-order valence-electron chi connectivity index (χ4n) is 2.24.